The number of nitrogens with two attached hydrogens (primary N) is 1. The van der Waals surface area contributed by atoms with Crippen LogP contribution in [0, 0.1) is 25.7 Å². The second-order valence-electron chi connectivity index (χ2n) is 7.18. The number of aryl methyl sites for hydroxylation is 2. The zero-order valence-corrected chi connectivity index (χ0v) is 14.3. The van der Waals surface area contributed by atoms with Crippen molar-refractivity contribution < 1.29 is 9.53 Å². The van der Waals surface area contributed by atoms with Gasteiger partial charge in [-0.15, -0.1) is 0 Å². The maximum Gasteiger partial charge on any atom is 0.223 e. The van der Waals surface area contributed by atoms with Gasteiger partial charge in [-0.3, -0.25) is 9.69 Å². The zero-order valence-electron chi connectivity index (χ0n) is 14.3. The number of benzene rings is 1. The van der Waals surface area contributed by atoms with E-state index in [-0.39, 0.29) is 17.9 Å². The van der Waals surface area contributed by atoms with Gasteiger partial charge < -0.3 is 10.5 Å². The Morgan fingerprint density at radius 3 is 2.70 bits per heavy atom. The van der Waals surface area contributed by atoms with Crippen LogP contribution in [0.15, 0.2) is 18.2 Å². The molecule has 1 aromatic carbocycles. The molecule has 2 atom stereocenters. The fourth-order valence-corrected chi connectivity index (χ4v) is 4.03. The van der Waals surface area contributed by atoms with Crippen LogP contribution >= 0.6 is 0 Å². The van der Waals surface area contributed by atoms with Gasteiger partial charge in [-0.2, -0.15) is 0 Å². The van der Waals surface area contributed by atoms with Crippen molar-refractivity contribution in [3.05, 3.63) is 34.9 Å². The number of piperidine rings is 1. The molecule has 3 rings (SSSR count). The molecule has 0 bridgehead atoms. The highest BCUT2D eigenvalue weighted by Gasteiger charge is 2.39. The number of primary amides is 1. The predicted octanol–water partition coefficient (Wildman–Crippen LogP) is 2.41. The molecule has 126 valence electrons. The van der Waals surface area contributed by atoms with E-state index >= 15 is 0 Å². The summed E-state index contributed by atoms with van der Waals surface area (Å²) in [4.78, 5) is 14.1. The highest BCUT2D eigenvalue weighted by molar-refractivity contribution is 5.77. The van der Waals surface area contributed by atoms with Gasteiger partial charge in [0.15, 0.2) is 0 Å². The van der Waals surface area contributed by atoms with Crippen LogP contribution in [-0.4, -0.2) is 36.6 Å². The Morgan fingerprint density at radius 2 is 2.00 bits per heavy atom. The second-order valence-corrected chi connectivity index (χ2v) is 7.18. The average molecular weight is 316 g/mol. The number of carbonyl (C=O) groups excluding carboxylic acids is 1. The third-order valence-corrected chi connectivity index (χ3v) is 5.50. The maximum atomic E-state index is 11.6. The third-order valence-electron chi connectivity index (χ3n) is 5.50. The average Bonchev–Trinajstić information content (AvgIpc) is 3.01. The van der Waals surface area contributed by atoms with Crippen molar-refractivity contribution in [3.63, 3.8) is 0 Å². The number of hydrogen-bond donors (Lipinski definition) is 1. The quantitative estimate of drug-likeness (QED) is 0.928. The Labute approximate surface area is 139 Å². The summed E-state index contributed by atoms with van der Waals surface area (Å²) in [5, 5.41) is 0. The fraction of sp³-hybridized carbons (Fsp3) is 0.632. The van der Waals surface area contributed by atoms with Crippen LogP contribution in [0.2, 0.25) is 0 Å². The summed E-state index contributed by atoms with van der Waals surface area (Å²) < 4.78 is 5.84. The van der Waals surface area contributed by atoms with Crippen LogP contribution in [0.5, 0.6) is 0 Å². The largest absolute Gasteiger partial charge is 0.377 e. The van der Waals surface area contributed by atoms with Crippen LogP contribution in [-0.2, 0) is 16.1 Å². The lowest BCUT2D eigenvalue weighted by molar-refractivity contribution is -0.124. The molecule has 1 aromatic rings. The molecule has 0 aliphatic carbocycles. The molecule has 2 aliphatic heterocycles. The van der Waals surface area contributed by atoms with Crippen molar-refractivity contribution in [3.8, 4) is 0 Å². The fourth-order valence-electron chi connectivity index (χ4n) is 4.03. The van der Waals surface area contributed by atoms with E-state index < -0.39 is 0 Å². The second kappa shape index (κ2) is 7.02. The molecule has 0 saturated carbocycles. The van der Waals surface area contributed by atoms with Gasteiger partial charge in [0.1, 0.15) is 0 Å². The molecule has 2 heterocycles. The SMILES string of the molecule is Cc1ccc(C)c(CN2CCC([C@H]3OCC[C@@H]3C(N)=O)CC2)c1. The number of likely N-dealkylation sites (tertiary alicyclic amines) is 1. The normalized spacial score (nSPS) is 26.5. The van der Waals surface area contributed by atoms with Gasteiger partial charge >= 0.3 is 0 Å². The molecular formula is C19H28N2O2. The molecule has 1 amide bonds. The van der Waals surface area contributed by atoms with E-state index in [1.165, 1.54) is 16.7 Å². The van der Waals surface area contributed by atoms with Gasteiger partial charge in [-0.05, 0) is 63.2 Å². The highest BCUT2D eigenvalue weighted by atomic mass is 16.5. The molecule has 2 fully saturated rings. The summed E-state index contributed by atoms with van der Waals surface area (Å²) in [6, 6.07) is 6.68. The minimum Gasteiger partial charge on any atom is -0.377 e. The molecule has 4 nitrogen and oxygen atoms in total. The number of amides is 1. The summed E-state index contributed by atoms with van der Waals surface area (Å²) >= 11 is 0. The topological polar surface area (TPSA) is 55.6 Å². The number of hydrogen-bond acceptors (Lipinski definition) is 3. The van der Waals surface area contributed by atoms with E-state index in [2.05, 4.69) is 36.9 Å². The molecule has 0 unspecified atom stereocenters. The van der Waals surface area contributed by atoms with Crippen molar-refractivity contribution in [2.24, 2.45) is 17.6 Å². The lowest BCUT2D eigenvalue weighted by atomic mass is 9.84. The Balaban J connectivity index is 1.56. The molecular weight excluding hydrogens is 288 g/mol. The highest BCUT2D eigenvalue weighted by Crippen LogP contribution is 2.33. The Kier molecular flexibility index (Phi) is 5.02. The first-order valence-electron chi connectivity index (χ1n) is 8.74. The monoisotopic (exact) mass is 316 g/mol. The Hall–Kier alpha value is -1.39. The Bertz CT molecular complexity index is 564. The summed E-state index contributed by atoms with van der Waals surface area (Å²) in [6.45, 7) is 8.18. The van der Waals surface area contributed by atoms with Crippen molar-refractivity contribution >= 4 is 5.91 Å². The smallest absolute Gasteiger partial charge is 0.223 e. The van der Waals surface area contributed by atoms with E-state index in [1.54, 1.807) is 0 Å². The van der Waals surface area contributed by atoms with E-state index in [0.717, 1.165) is 38.9 Å². The molecule has 0 spiro atoms. The summed E-state index contributed by atoms with van der Waals surface area (Å²) in [5.41, 5.74) is 9.64. The number of nitrogens with zero attached hydrogens (tertiary/aromatic N) is 1. The van der Waals surface area contributed by atoms with Crippen LogP contribution in [0.4, 0.5) is 0 Å². The van der Waals surface area contributed by atoms with Gasteiger partial charge in [-0.1, -0.05) is 23.8 Å². The molecule has 2 aliphatic rings. The van der Waals surface area contributed by atoms with Gasteiger partial charge in [-0.25, -0.2) is 0 Å². The lowest BCUT2D eigenvalue weighted by Crippen LogP contribution is -2.42. The first kappa shape index (κ1) is 16.5. The van der Waals surface area contributed by atoms with E-state index in [4.69, 9.17) is 10.5 Å². The molecule has 0 aromatic heterocycles. The van der Waals surface area contributed by atoms with Crippen molar-refractivity contribution in [2.45, 2.75) is 45.8 Å². The van der Waals surface area contributed by atoms with Crippen molar-refractivity contribution in [2.75, 3.05) is 19.7 Å². The standard InChI is InChI=1S/C19H28N2O2/c1-13-3-4-14(2)16(11-13)12-21-8-5-15(6-9-21)18-17(19(20)22)7-10-23-18/h3-4,11,15,17-18H,5-10,12H2,1-2H3,(H2,20,22)/t17-,18+/m0/s1. The summed E-state index contributed by atoms with van der Waals surface area (Å²) in [7, 11) is 0. The first-order valence-corrected chi connectivity index (χ1v) is 8.74. The molecule has 0 radical (unpaired) electrons. The lowest BCUT2D eigenvalue weighted by Gasteiger charge is -2.36. The van der Waals surface area contributed by atoms with Crippen molar-refractivity contribution in [1.82, 2.24) is 4.90 Å². The summed E-state index contributed by atoms with van der Waals surface area (Å²) in [5.74, 6) is 0.209. The number of ether oxygens (including phenoxy) is 1. The van der Waals surface area contributed by atoms with E-state index in [9.17, 15) is 4.79 Å². The van der Waals surface area contributed by atoms with E-state index in [0.29, 0.717) is 12.5 Å². The van der Waals surface area contributed by atoms with Crippen LogP contribution in [0.3, 0.4) is 0 Å². The zero-order chi connectivity index (χ0) is 16.4. The van der Waals surface area contributed by atoms with E-state index in [1.807, 2.05) is 0 Å². The number of rotatable bonds is 4. The van der Waals surface area contributed by atoms with Gasteiger partial charge in [0.2, 0.25) is 5.91 Å². The van der Waals surface area contributed by atoms with Gasteiger partial charge in [0.25, 0.3) is 0 Å². The van der Waals surface area contributed by atoms with Gasteiger partial charge in [0, 0.05) is 13.2 Å². The van der Waals surface area contributed by atoms with Crippen molar-refractivity contribution in [1.29, 1.82) is 0 Å². The molecule has 23 heavy (non-hydrogen) atoms. The Morgan fingerprint density at radius 1 is 1.26 bits per heavy atom. The van der Waals surface area contributed by atoms with Crippen LogP contribution in [0.25, 0.3) is 0 Å². The minimum absolute atomic E-state index is 0.0513. The molecule has 4 heteroatoms. The maximum absolute atomic E-state index is 11.6. The third kappa shape index (κ3) is 3.75. The molecule has 2 saturated heterocycles. The van der Waals surface area contributed by atoms with Crippen LogP contribution in [0.1, 0.15) is 36.0 Å². The first-order chi connectivity index (χ1) is 11.0. The molecule has 2 N–H and O–H groups in total. The van der Waals surface area contributed by atoms with Crippen LogP contribution < -0.4 is 5.73 Å². The predicted molar refractivity (Wildman–Crippen MR) is 91.0 cm³/mol. The van der Waals surface area contributed by atoms with Gasteiger partial charge in [0.05, 0.1) is 12.0 Å². The minimum atomic E-state index is -0.190. The number of carbonyl (C=O) groups is 1. The summed E-state index contributed by atoms with van der Waals surface area (Å²) in [6.07, 6.45) is 3.04.